The van der Waals surface area contributed by atoms with Crippen molar-refractivity contribution in [3.63, 3.8) is 0 Å². The Labute approximate surface area is 98.4 Å². The van der Waals surface area contributed by atoms with Crippen LogP contribution in [0.1, 0.15) is 38.5 Å². The smallest absolute Gasteiger partial charge is 0.00832 e. The Bertz CT molecular complexity index is 341. The third-order valence-corrected chi connectivity index (χ3v) is 4.04. The predicted molar refractivity (Wildman–Crippen MR) is 68.9 cm³/mol. The van der Waals surface area contributed by atoms with Gasteiger partial charge < -0.3 is 0 Å². The van der Waals surface area contributed by atoms with E-state index in [-0.39, 0.29) is 0 Å². The zero-order chi connectivity index (χ0) is 10.8. The van der Waals surface area contributed by atoms with E-state index in [4.69, 9.17) is 0 Å². The second kappa shape index (κ2) is 4.45. The summed E-state index contributed by atoms with van der Waals surface area (Å²) >= 11 is 0. The molecular formula is C16H19. The monoisotopic (exact) mass is 211 g/mol. The lowest BCUT2D eigenvalue weighted by Crippen LogP contribution is -2.20. The van der Waals surface area contributed by atoms with Gasteiger partial charge in [0.25, 0.3) is 0 Å². The van der Waals surface area contributed by atoms with E-state index in [1.165, 1.54) is 38.5 Å². The summed E-state index contributed by atoms with van der Waals surface area (Å²) in [4.78, 5) is 0. The average molecular weight is 211 g/mol. The van der Waals surface area contributed by atoms with Crippen LogP contribution < -0.4 is 0 Å². The van der Waals surface area contributed by atoms with Gasteiger partial charge in [-0.1, -0.05) is 60.4 Å². The van der Waals surface area contributed by atoms with E-state index in [9.17, 15) is 0 Å². The first-order chi connectivity index (χ1) is 7.95. The number of rotatable bonds is 2. The molecule has 0 aromatic rings. The molecule has 16 heavy (non-hydrogen) atoms. The van der Waals surface area contributed by atoms with Crippen molar-refractivity contribution >= 4 is 0 Å². The maximum Gasteiger partial charge on any atom is 0.00832 e. The summed E-state index contributed by atoms with van der Waals surface area (Å²) in [5, 5.41) is 0. The highest BCUT2D eigenvalue weighted by molar-refractivity contribution is 5.41. The Balaban J connectivity index is 1.78. The topological polar surface area (TPSA) is 0 Å². The van der Waals surface area contributed by atoms with Crippen molar-refractivity contribution in [3.05, 3.63) is 53.5 Å². The van der Waals surface area contributed by atoms with Gasteiger partial charge in [0.2, 0.25) is 0 Å². The second-order valence-electron chi connectivity index (χ2n) is 5.02. The molecule has 0 heteroatoms. The van der Waals surface area contributed by atoms with E-state index in [0.29, 0.717) is 0 Å². The summed E-state index contributed by atoms with van der Waals surface area (Å²) in [7, 11) is 0. The van der Waals surface area contributed by atoms with Crippen LogP contribution in [-0.2, 0) is 0 Å². The molecule has 0 bridgehead atoms. The van der Waals surface area contributed by atoms with Crippen LogP contribution in [0.25, 0.3) is 0 Å². The van der Waals surface area contributed by atoms with Crippen LogP contribution in [-0.4, -0.2) is 0 Å². The van der Waals surface area contributed by atoms with Crippen LogP contribution >= 0.6 is 0 Å². The minimum Gasteiger partial charge on any atom is -0.0805 e. The maximum absolute atomic E-state index is 2.35. The molecule has 1 atom stereocenters. The molecule has 3 rings (SSSR count). The van der Waals surface area contributed by atoms with Gasteiger partial charge in [-0.3, -0.25) is 0 Å². The van der Waals surface area contributed by atoms with E-state index in [1.807, 2.05) is 0 Å². The van der Waals surface area contributed by atoms with Gasteiger partial charge in [0, 0.05) is 5.92 Å². The standard InChI is InChI=1S/C16H19/c1-2-8-13(7-1)15-11-5-6-12-16(15)14-9-3-4-10-14/h1-4,7,9,15H,5-6,8,10-12H2. The molecule has 3 aliphatic carbocycles. The zero-order valence-corrected chi connectivity index (χ0v) is 9.78. The molecule has 0 saturated heterocycles. The van der Waals surface area contributed by atoms with Gasteiger partial charge in [0.05, 0.1) is 0 Å². The fourth-order valence-corrected chi connectivity index (χ4v) is 3.21. The molecular weight excluding hydrogens is 192 g/mol. The lowest BCUT2D eigenvalue weighted by molar-refractivity contribution is 0.445. The van der Waals surface area contributed by atoms with Gasteiger partial charge >= 0.3 is 0 Å². The van der Waals surface area contributed by atoms with Gasteiger partial charge in [-0.05, 0) is 31.6 Å². The summed E-state index contributed by atoms with van der Waals surface area (Å²) in [6.07, 6.45) is 21.6. The fraction of sp³-hybridized carbons (Fsp3) is 0.438. The van der Waals surface area contributed by atoms with Crippen LogP contribution in [0, 0.1) is 11.8 Å². The molecule has 0 aromatic carbocycles. The van der Waals surface area contributed by atoms with Gasteiger partial charge in [-0.15, -0.1) is 0 Å². The highest BCUT2D eigenvalue weighted by Crippen LogP contribution is 2.44. The van der Waals surface area contributed by atoms with Gasteiger partial charge in [-0.25, -0.2) is 0 Å². The van der Waals surface area contributed by atoms with Crippen molar-refractivity contribution < 1.29 is 0 Å². The zero-order valence-electron chi connectivity index (χ0n) is 9.78. The van der Waals surface area contributed by atoms with Crippen LogP contribution in [0.5, 0.6) is 0 Å². The Morgan fingerprint density at radius 2 is 1.81 bits per heavy atom. The fourth-order valence-electron chi connectivity index (χ4n) is 3.21. The molecule has 0 nitrogen and oxygen atoms in total. The molecule has 0 aromatic heterocycles. The van der Waals surface area contributed by atoms with Crippen LogP contribution in [0.4, 0.5) is 0 Å². The summed E-state index contributed by atoms with van der Waals surface area (Å²) in [6, 6.07) is 0. The van der Waals surface area contributed by atoms with Crippen LogP contribution in [0.15, 0.2) is 47.6 Å². The molecule has 1 unspecified atom stereocenters. The lowest BCUT2D eigenvalue weighted by Gasteiger charge is -2.33. The molecule has 0 aliphatic heterocycles. The molecule has 83 valence electrons. The summed E-state index contributed by atoms with van der Waals surface area (Å²) in [5.41, 5.74) is 3.26. The molecule has 0 N–H and O–H groups in total. The van der Waals surface area contributed by atoms with Crippen molar-refractivity contribution in [2.45, 2.75) is 38.5 Å². The van der Waals surface area contributed by atoms with Crippen molar-refractivity contribution in [3.8, 4) is 0 Å². The third kappa shape index (κ3) is 1.81. The number of hydrogen-bond acceptors (Lipinski definition) is 0. The third-order valence-electron chi connectivity index (χ3n) is 4.04. The van der Waals surface area contributed by atoms with Crippen molar-refractivity contribution in [1.82, 2.24) is 0 Å². The van der Waals surface area contributed by atoms with Crippen molar-refractivity contribution in [1.29, 1.82) is 0 Å². The SMILES string of the molecule is C1=CCC([C]2CCCCC2C2=CC=CC2)=C1. The quantitative estimate of drug-likeness (QED) is 0.629. The highest BCUT2D eigenvalue weighted by Gasteiger charge is 2.31. The Hall–Kier alpha value is -1.04. The van der Waals surface area contributed by atoms with Gasteiger partial charge in [-0.2, -0.15) is 0 Å². The highest BCUT2D eigenvalue weighted by atomic mass is 14.3. The number of hydrogen-bond donors (Lipinski definition) is 0. The molecule has 0 spiro atoms. The maximum atomic E-state index is 2.35. The van der Waals surface area contributed by atoms with E-state index in [2.05, 4.69) is 36.5 Å². The first-order valence-electron chi connectivity index (χ1n) is 6.52. The van der Waals surface area contributed by atoms with E-state index < -0.39 is 0 Å². The van der Waals surface area contributed by atoms with Gasteiger partial charge in [0.1, 0.15) is 0 Å². The van der Waals surface area contributed by atoms with E-state index >= 15 is 0 Å². The van der Waals surface area contributed by atoms with Crippen LogP contribution in [0.3, 0.4) is 0 Å². The molecule has 3 aliphatic rings. The van der Waals surface area contributed by atoms with Crippen LogP contribution in [0.2, 0.25) is 0 Å². The Morgan fingerprint density at radius 1 is 0.938 bits per heavy atom. The molecule has 1 radical (unpaired) electrons. The van der Waals surface area contributed by atoms with E-state index in [1.54, 1.807) is 17.1 Å². The van der Waals surface area contributed by atoms with E-state index in [0.717, 1.165) is 5.92 Å². The molecule has 1 fully saturated rings. The average Bonchev–Trinajstić information content (AvgIpc) is 3.03. The Kier molecular flexibility index (Phi) is 2.82. The minimum atomic E-state index is 0.759. The van der Waals surface area contributed by atoms with Crippen molar-refractivity contribution in [2.75, 3.05) is 0 Å². The largest absolute Gasteiger partial charge is 0.0805 e. The summed E-state index contributed by atoms with van der Waals surface area (Å²) in [6.45, 7) is 0. The first kappa shape index (κ1) is 10.1. The Morgan fingerprint density at radius 3 is 2.56 bits per heavy atom. The lowest BCUT2D eigenvalue weighted by atomic mass is 9.71. The number of allylic oxidation sites excluding steroid dienone is 8. The second-order valence-corrected chi connectivity index (χ2v) is 5.02. The first-order valence-corrected chi connectivity index (χ1v) is 6.52. The minimum absolute atomic E-state index is 0.759. The summed E-state index contributed by atoms with van der Waals surface area (Å²) in [5.74, 6) is 2.50. The molecule has 1 saturated carbocycles. The molecule has 0 amide bonds. The van der Waals surface area contributed by atoms with Crippen molar-refractivity contribution in [2.24, 2.45) is 5.92 Å². The molecule has 0 heterocycles. The normalized spacial score (nSPS) is 29.6. The van der Waals surface area contributed by atoms with Gasteiger partial charge in [0.15, 0.2) is 0 Å². The summed E-state index contributed by atoms with van der Waals surface area (Å²) < 4.78 is 0. The predicted octanol–water partition coefficient (Wildman–Crippen LogP) is 4.52.